The van der Waals surface area contributed by atoms with Crippen molar-refractivity contribution in [1.82, 2.24) is 10.6 Å². The molecule has 3 unspecified atom stereocenters. The van der Waals surface area contributed by atoms with E-state index >= 15 is 0 Å². The largest absolute Gasteiger partial charge is 0.353 e. The van der Waals surface area contributed by atoms with Crippen LogP contribution in [-0.2, 0) is 4.79 Å². The van der Waals surface area contributed by atoms with Crippen LogP contribution in [0.4, 0.5) is 0 Å². The van der Waals surface area contributed by atoms with Gasteiger partial charge in [-0.1, -0.05) is 20.3 Å². The number of carbonyl (C=O) groups is 1. The predicted octanol–water partition coefficient (Wildman–Crippen LogP) is 0.228. The van der Waals surface area contributed by atoms with Gasteiger partial charge in [0.05, 0.1) is 6.04 Å². The van der Waals surface area contributed by atoms with Gasteiger partial charge in [0.25, 0.3) is 0 Å². The monoisotopic (exact) mass is 213 g/mol. The average Bonchev–Trinajstić information content (AvgIpc) is 2.76. The minimum absolute atomic E-state index is 0.0157. The van der Waals surface area contributed by atoms with Crippen molar-refractivity contribution in [2.75, 3.05) is 13.1 Å². The molecule has 1 heterocycles. The van der Waals surface area contributed by atoms with Crippen LogP contribution < -0.4 is 16.4 Å². The lowest BCUT2D eigenvalue weighted by molar-refractivity contribution is -0.123. The first kappa shape index (κ1) is 12.5. The molecule has 0 aromatic heterocycles. The molecule has 0 aromatic carbocycles. The second-order valence-electron chi connectivity index (χ2n) is 4.45. The summed E-state index contributed by atoms with van der Waals surface area (Å²) >= 11 is 0. The molecule has 1 fully saturated rings. The Kier molecular flexibility index (Phi) is 5.05. The number of nitrogens with two attached hydrogens (primary N) is 1. The van der Waals surface area contributed by atoms with Crippen molar-refractivity contribution in [1.29, 1.82) is 0 Å². The molecule has 0 spiro atoms. The van der Waals surface area contributed by atoms with E-state index in [1.807, 2.05) is 6.92 Å². The number of carbonyl (C=O) groups excluding carboxylic acids is 1. The molecule has 4 heteroatoms. The summed E-state index contributed by atoms with van der Waals surface area (Å²) in [5, 5.41) is 6.25. The summed E-state index contributed by atoms with van der Waals surface area (Å²) < 4.78 is 0. The molecule has 1 amide bonds. The third-order valence-electron chi connectivity index (χ3n) is 3.24. The Morgan fingerprint density at radius 2 is 2.40 bits per heavy atom. The molecule has 88 valence electrons. The van der Waals surface area contributed by atoms with E-state index in [4.69, 9.17) is 5.73 Å². The molecular formula is C11H23N3O. The molecule has 1 rings (SSSR count). The van der Waals surface area contributed by atoms with E-state index in [0.717, 1.165) is 19.4 Å². The second-order valence-corrected chi connectivity index (χ2v) is 4.45. The highest BCUT2D eigenvalue weighted by atomic mass is 16.2. The zero-order valence-corrected chi connectivity index (χ0v) is 9.75. The lowest BCUT2D eigenvalue weighted by Gasteiger charge is -2.19. The van der Waals surface area contributed by atoms with Gasteiger partial charge in [-0.25, -0.2) is 0 Å². The number of amides is 1. The van der Waals surface area contributed by atoms with E-state index in [9.17, 15) is 4.79 Å². The third kappa shape index (κ3) is 3.80. The van der Waals surface area contributed by atoms with E-state index < -0.39 is 0 Å². The minimum Gasteiger partial charge on any atom is -0.353 e. The van der Waals surface area contributed by atoms with Gasteiger partial charge >= 0.3 is 0 Å². The van der Waals surface area contributed by atoms with Crippen LogP contribution in [0.25, 0.3) is 0 Å². The van der Waals surface area contributed by atoms with Gasteiger partial charge in [-0.2, -0.15) is 0 Å². The van der Waals surface area contributed by atoms with E-state index in [1.165, 1.54) is 6.42 Å². The Labute approximate surface area is 92.0 Å². The molecule has 1 saturated heterocycles. The van der Waals surface area contributed by atoms with Crippen LogP contribution in [-0.4, -0.2) is 31.1 Å². The van der Waals surface area contributed by atoms with Crippen molar-refractivity contribution in [2.45, 2.75) is 45.2 Å². The van der Waals surface area contributed by atoms with Crippen LogP contribution in [0.2, 0.25) is 0 Å². The Morgan fingerprint density at radius 1 is 1.67 bits per heavy atom. The smallest absolute Gasteiger partial charge is 0.237 e. The fraction of sp³-hybridized carbons (Fsp3) is 0.909. The molecule has 0 bridgehead atoms. The number of hydrogen-bond donors (Lipinski definition) is 3. The molecule has 0 aliphatic carbocycles. The highest BCUT2D eigenvalue weighted by Gasteiger charge is 2.21. The maximum absolute atomic E-state index is 11.6. The number of hydrogen-bond acceptors (Lipinski definition) is 3. The predicted molar refractivity (Wildman–Crippen MR) is 61.5 cm³/mol. The first-order valence-electron chi connectivity index (χ1n) is 5.91. The summed E-state index contributed by atoms with van der Waals surface area (Å²) in [7, 11) is 0. The van der Waals surface area contributed by atoms with Crippen LogP contribution in [0.5, 0.6) is 0 Å². The highest BCUT2D eigenvalue weighted by Crippen LogP contribution is 2.06. The number of nitrogens with one attached hydrogen (secondary N) is 2. The molecule has 0 saturated carbocycles. The molecule has 15 heavy (non-hydrogen) atoms. The van der Waals surface area contributed by atoms with Gasteiger partial charge in [0.2, 0.25) is 5.91 Å². The maximum Gasteiger partial charge on any atom is 0.237 e. The normalized spacial score (nSPS) is 24.9. The van der Waals surface area contributed by atoms with E-state index in [1.54, 1.807) is 0 Å². The molecule has 4 N–H and O–H groups in total. The van der Waals surface area contributed by atoms with Gasteiger partial charge in [0.1, 0.15) is 0 Å². The van der Waals surface area contributed by atoms with Gasteiger partial charge in [-0.15, -0.1) is 0 Å². The van der Waals surface area contributed by atoms with E-state index in [2.05, 4.69) is 17.6 Å². The first-order valence-corrected chi connectivity index (χ1v) is 5.91. The zero-order valence-electron chi connectivity index (χ0n) is 9.75. The lowest BCUT2D eigenvalue weighted by atomic mass is 9.99. The quantitative estimate of drug-likeness (QED) is 0.612. The van der Waals surface area contributed by atoms with Crippen molar-refractivity contribution in [3.63, 3.8) is 0 Å². The molecule has 0 radical (unpaired) electrons. The zero-order chi connectivity index (χ0) is 11.3. The fourth-order valence-corrected chi connectivity index (χ4v) is 1.78. The van der Waals surface area contributed by atoms with E-state index in [0.29, 0.717) is 12.6 Å². The van der Waals surface area contributed by atoms with Crippen molar-refractivity contribution >= 4 is 5.91 Å². The second kappa shape index (κ2) is 6.08. The summed E-state index contributed by atoms with van der Waals surface area (Å²) in [6, 6.07) is 0.0782. The van der Waals surface area contributed by atoms with Gasteiger partial charge < -0.3 is 16.4 Å². The van der Waals surface area contributed by atoms with E-state index in [-0.39, 0.29) is 17.9 Å². The SMILES string of the molecule is CCC(C)C(N)C(=O)NCC1CCCN1. The molecular weight excluding hydrogens is 190 g/mol. The molecule has 1 aliphatic rings. The molecule has 4 nitrogen and oxygen atoms in total. The van der Waals surface area contributed by atoms with Gasteiger partial charge in [0.15, 0.2) is 0 Å². The van der Waals surface area contributed by atoms with Gasteiger partial charge in [-0.05, 0) is 25.3 Å². The molecule has 0 aromatic rings. The van der Waals surface area contributed by atoms with Crippen molar-refractivity contribution < 1.29 is 4.79 Å². The van der Waals surface area contributed by atoms with Crippen LogP contribution in [0.15, 0.2) is 0 Å². The summed E-state index contributed by atoms with van der Waals surface area (Å²) in [6.45, 7) is 5.84. The molecule has 1 aliphatic heterocycles. The summed E-state index contributed by atoms with van der Waals surface area (Å²) in [5.74, 6) is 0.236. The Bertz CT molecular complexity index is 202. The third-order valence-corrected chi connectivity index (χ3v) is 3.24. The van der Waals surface area contributed by atoms with Crippen LogP contribution in [0, 0.1) is 5.92 Å². The van der Waals surface area contributed by atoms with Crippen molar-refractivity contribution in [2.24, 2.45) is 11.7 Å². The first-order chi connectivity index (χ1) is 7.15. The average molecular weight is 213 g/mol. The maximum atomic E-state index is 11.6. The van der Waals surface area contributed by atoms with Crippen LogP contribution in [0.1, 0.15) is 33.1 Å². The van der Waals surface area contributed by atoms with Crippen molar-refractivity contribution in [3.8, 4) is 0 Å². The fourth-order valence-electron chi connectivity index (χ4n) is 1.78. The van der Waals surface area contributed by atoms with Crippen LogP contribution >= 0.6 is 0 Å². The lowest BCUT2D eigenvalue weighted by Crippen LogP contribution is -2.47. The Balaban J connectivity index is 2.22. The van der Waals surface area contributed by atoms with Crippen LogP contribution in [0.3, 0.4) is 0 Å². The summed E-state index contributed by atoms with van der Waals surface area (Å²) in [4.78, 5) is 11.6. The van der Waals surface area contributed by atoms with Crippen molar-refractivity contribution in [3.05, 3.63) is 0 Å². The molecule has 3 atom stereocenters. The summed E-state index contributed by atoms with van der Waals surface area (Å²) in [6.07, 6.45) is 3.30. The topological polar surface area (TPSA) is 67.2 Å². The highest BCUT2D eigenvalue weighted by molar-refractivity contribution is 5.81. The standard InChI is InChI=1S/C11H23N3O/c1-3-8(2)10(12)11(15)14-7-9-5-4-6-13-9/h8-10,13H,3-7,12H2,1-2H3,(H,14,15). The Morgan fingerprint density at radius 3 is 2.93 bits per heavy atom. The number of rotatable bonds is 5. The van der Waals surface area contributed by atoms with Gasteiger partial charge in [0, 0.05) is 12.6 Å². The Hall–Kier alpha value is -0.610. The summed E-state index contributed by atoms with van der Waals surface area (Å²) in [5.41, 5.74) is 5.82. The van der Waals surface area contributed by atoms with Gasteiger partial charge in [-0.3, -0.25) is 4.79 Å². The minimum atomic E-state index is -0.364.